The Kier molecular flexibility index (Phi) is 7.50. The number of benzene rings is 2. The summed E-state index contributed by atoms with van der Waals surface area (Å²) >= 11 is 0. The molecule has 0 bridgehead atoms. The van der Waals surface area contributed by atoms with Crippen LogP contribution in [0.1, 0.15) is 11.1 Å². The standard InChI is InChI=1S/C21H20N2O3/c1-3-9-17-10-5-7-12-19(17)26-16-21(24)23-22-15-18-11-6-8-13-20(18)25-14-4-2/h2-3,5-8,10-13,15H,1,9,14,16H2,(H,23,24)/b22-15+. The number of hydrazone groups is 1. The lowest BCUT2D eigenvalue weighted by atomic mass is 10.1. The van der Waals surface area contributed by atoms with E-state index in [-0.39, 0.29) is 19.1 Å². The number of rotatable bonds is 9. The first kappa shape index (κ1) is 18.8. The van der Waals surface area contributed by atoms with Crippen molar-refractivity contribution in [2.75, 3.05) is 13.2 Å². The molecule has 5 heteroatoms. The van der Waals surface area contributed by atoms with Crippen molar-refractivity contribution in [1.82, 2.24) is 5.43 Å². The number of nitrogens with zero attached hydrogens (tertiary/aromatic N) is 1. The van der Waals surface area contributed by atoms with Crippen LogP contribution in [0.3, 0.4) is 0 Å². The molecule has 0 aromatic heterocycles. The third kappa shape index (κ3) is 5.84. The molecule has 26 heavy (non-hydrogen) atoms. The molecule has 0 atom stereocenters. The number of nitrogens with one attached hydrogen (secondary N) is 1. The lowest BCUT2D eigenvalue weighted by molar-refractivity contribution is -0.123. The Morgan fingerprint density at radius 3 is 2.65 bits per heavy atom. The van der Waals surface area contributed by atoms with Crippen molar-refractivity contribution in [3.63, 3.8) is 0 Å². The average molecular weight is 348 g/mol. The van der Waals surface area contributed by atoms with E-state index in [0.29, 0.717) is 23.5 Å². The predicted octanol–water partition coefficient (Wildman–Crippen LogP) is 2.96. The molecule has 0 fully saturated rings. The maximum Gasteiger partial charge on any atom is 0.277 e. The number of hydrogen-bond acceptors (Lipinski definition) is 4. The Morgan fingerprint density at radius 2 is 1.88 bits per heavy atom. The zero-order valence-electron chi connectivity index (χ0n) is 14.4. The number of allylic oxidation sites excluding steroid dienone is 1. The maximum absolute atomic E-state index is 11.9. The Balaban J connectivity index is 1.89. The van der Waals surface area contributed by atoms with Crippen molar-refractivity contribution in [2.45, 2.75) is 6.42 Å². The van der Waals surface area contributed by atoms with E-state index in [1.54, 1.807) is 12.1 Å². The summed E-state index contributed by atoms with van der Waals surface area (Å²) in [5.41, 5.74) is 4.10. The van der Waals surface area contributed by atoms with Gasteiger partial charge in [-0.25, -0.2) is 5.43 Å². The molecule has 132 valence electrons. The highest BCUT2D eigenvalue weighted by molar-refractivity contribution is 5.85. The first-order valence-electron chi connectivity index (χ1n) is 8.03. The molecule has 0 aliphatic rings. The topological polar surface area (TPSA) is 59.9 Å². The second-order valence-corrected chi connectivity index (χ2v) is 5.21. The maximum atomic E-state index is 11.9. The molecule has 0 spiro atoms. The van der Waals surface area contributed by atoms with Gasteiger partial charge >= 0.3 is 0 Å². The van der Waals surface area contributed by atoms with E-state index in [2.05, 4.69) is 23.0 Å². The number of ether oxygens (including phenoxy) is 2. The van der Waals surface area contributed by atoms with Crippen molar-refractivity contribution >= 4 is 12.1 Å². The first-order valence-corrected chi connectivity index (χ1v) is 8.03. The molecule has 1 N–H and O–H groups in total. The fourth-order valence-corrected chi connectivity index (χ4v) is 2.16. The van der Waals surface area contributed by atoms with Crippen LogP contribution in [0.25, 0.3) is 0 Å². The normalized spacial score (nSPS) is 10.1. The van der Waals surface area contributed by atoms with Crippen LogP contribution in [0.4, 0.5) is 0 Å². The lowest BCUT2D eigenvalue weighted by Crippen LogP contribution is -2.24. The molecule has 2 rings (SSSR count). The summed E-state index contributed by atoms with van der Waals surface area (Å²) in [6.07, 6.45) is 9.14. The van der Waals surface area contributed by atoms with Gasteiger partial charge in [0.15, 0.2) is 6.61 Å². The molecule has 1 amide bonds. The summed E-state index contributed by atoms with van der Waals surface area (Å²) in [6, 6.07) is 14.8. The minimum absolute atomic E-state index is 0.138. The Hall–Kier alpha value is -3.52. The van der Waals surface area contributed by atoms with Gasteiger partial charge in [0.2, 0.25) is 0 Å². The van der Waals surface area contributed by atoms with Gasteiger partial charge in [0, 0.05) is 5.56 Å². The van der Waals surface area contributed by atoms with Gasteiger partial charge in [0.1, 0.15) is 18.1 Å². The van der Waals surface area contributed by atoms with Crippen LogP contribution in [0.15, 0.2) is 66.3 Å². The number of hydrogen-bond donors (Lipinski definition) is 1. The van der Waals surface area contributed by atoms with Crippen molar-refractivity contribution in [2.24, 2.45) is 5.10 Å². The Labute approximate surface area is 153 Å². The molecule has 5 nitrogen and oxygen atoms in total. The van der Waals surface area contributed by atoms with Crippen LogP contribution in [0.5, 0.6) is 11.5 Å². The van der Waals surface area contributed by atoms with Crippen LogP contribution in [-0.4, -0.2) is 25.3 Å². The summed E-state index contributed by atoms with van der Waals surface area (Å²) in [6.45, 7) is 3.74. The lowest BCUT2D eigenvalue weighted by Gasteiger charge is -2.09. The van der Waals surface area contributed by atoms with E-state index in [1.165, 1.54) is 6.21 Å². The molecule has 0 saturated carbocycles. The second kappa shape index (κ2) is 10.4. The second-order valence-electron chi connectivity index (χ2n) is 5.21. The third-order valence-corrected chi connectivity index (χ3v) is 3.32. The zero-order valence-corrected chi connectivity index (χ0v) is 14.4. The molecule has 0 unspecified atom stereocenters. The van der Waals surface area contributed by atoms with Crippen molar-refractivity contribution in [3.8, 4) is 23.8 Å². The van der Waals surface area contributed by atoms with Crippen molar-refractivity contribution in [3.05, 3.63) is 72.3 Å². The van der Waals surface area contributed by atoms with Gasteiger partial charge in [-0.3, -0.25) is 4.79 Å². The molecule has 2 aromatic rings. The van der Waals surface area contributed by atoms with Crippen LogP contribution >= 0.6 is 0 Å². The molecule has 2 aromatic carbocycles. The highest BCUT2D eigenvalue weighted by Gasteiger charge is 2.05. The van der Waals surface area contributed by atoms with Gasteiger partial charge in [-0.2, -0.15) is 5.10 Å². The SMILES string of the molecule is C#CCOc1ccccc1/C=N/NC(=O)COc1ccccc1CC=C. The largest absolute Gasteiger partial charge is 0.483 e. The summed E-state index contributed by atoms with van der Waals surface area (Å²) in [5.74, 6) is 3.29. The fraction of sp³-hybridized carbons (Fsp3) is 0.143. The summed E-state index contributed by atoms with van der Waals surface area (Å²) in [4.78, 5) is 11.9. The quantitative estimate of drug-likeness (QED) is 0.328. The molecule has 0 aliphatic carbocycles. The van der Waals surface area contributed by atoms with E-state index >= 15 is 0 Å². The smallest absolute Gasteiger partial charge is 0.277 e. The van der Waals surface area contributed by atoms with Crippen LogP contribution in [-0.2, 0) is 11.2 Å². The minimum atomic E-state index is -0.364. The fourth-order valence-electron chi connectivity index (χ4n) is 2.16. The molecular weight excluding hydrogens is 328 g/mol. The number of carbonyl (C=O) groups excluding carboxylic acids is 1. The van der Waals surface area contributed by atoms with Crippen molar-refractivity contribution in [1.29, 1.82) is 0 Å². The van der Waals surface area contributed by atoms with E-state index in [1.807, 2.05) is 42.5 Å². The monoisotopic (exact) mass is 348 g/mol. The number of terminal acetylenes is 1. The highest BCUT2D eigenvalue weighted by atomic mass is 16.5. The van der Waals surface area contributed by atoms with E-state index in [4.69, 9.17) is 15.9 Å². The molecule has 0 aliphatic heterocycles. The van der Waals surface area contributed by atoms with Crippen LogP contribution < -0.4 is 14.9 Å². The number of carbonyl (C=O) groups is 1. The third-order valence-electron chi connectivity index (χ3n) is 3.32. The highest BCUT2D eigenvalue weighted by Crippen LogP contribution is 2.18. The van der Waals surface area contributed by atoms with Crippen LogP contribution in [0, 0.1) is 12.3 Å². The first-order chi connectivity index (χ1) is 12.7. The Morgan fingerprint density at radius 1 is 1.15 bits per heavy atom. The van der Waals surface area contributed by atoms with Gasteiger partial charge in [-0.15, -0.1) is 13.0 Å². The molecule has 0 heterocycles. The predicted molar refractivity (Wildman–Crippen MR) is 102 cm³/mol. The average Bonchev–Trinajstić information content (AvgIpc) is 2.67. The number of amides is 1. The summed E-state index contributed by atoms with van der Waals surface area (Å²) < 4.78 is 11.0. The van der Waals surface area contributed by atoms with E-state index < -0.39 is 0 Å². The van der Waals surface area contributed by atoms with Gasteiger partial charge in [-0.05, 0) is 30.2 Å². The van der Waals surface area contributed by atoms with E-state index in [0.717, 1.165) is 5.56 Å². The minimum Gasteiger partial charge on any atom is -0.483 e. The van der Waals surface area contributed by atoms with Crippen molar-refractivity contribution < 1.29 is 14.3 Å². The van der Waals surface area contributed by atoms with Gasteiger partial charge in [-0.1, -0.05) is 42.3 Å². The molecule has 0 saturated heterocycles. The van der Waals surface area contributed by atoms with E-state index in [9.17, 15) is 4.79 Å². The van der Waals surface area contributed by atoms with Gasteiger partial charge in [0.25, 0.3) is 5.91 Å². The summed E-state index contributed by atoms with van der Waals surface area (Å²) in [7, 11) is 0. The van der Waals surface area contributed by atoms with Gasteiger partial charge < -0.3 is 9.47 Å². The molecular formula is C21H20N2O3. The summed E-state index contributed by atoms with van der Waals surface area (Å²) in [5, 5.41) is 3.93. The molecule has 0 radical (unpaired) electrons. The zero-order chi connectivity index (χ0) is 18.6. The number of para-hydroxylation sites is 2. The van der Waals surface area contributed by atoms with Gasteiger partial charge in [0.05, 0.1) is 6.21 Å². The Bertz CT molecular complexity index is 822. The van der Waals surface area contributed by atoms with Crippen LogP contribution in [0.2, 0.25) is 0 Å².